The lowest BCUT2D eigenvalue weighted by molar-refractivity contribution is -0.132. The van der Waals surface area contributed by atoms with Gasteiger partial charge in [-0.1, -0.05) is 19.8 Å². The third kappa shape index (κ3) is 3.14. The van der Waals surface area contributed by atoms with Crippen molar-refractivity contribution in [2.75, 3.05) is 0 Å². The predicted molar refractivity (Wildman–Crippen MR) is 56.6 cm³/mol. The molecule has 0 aromatic heterocycles. The van der Waals surface area contributed by atoms with Crippen LogP contribution in [0, 0.1) is 0 Å². The maximum Gasteiger partial charge on any atom is 0.458 e. The molecule has 5 heteroatoms. The highest BCUT2D eigenvalue weighted by Crippen LogP contribution is 2.22. The van der Waals surface area contributed by atoms with Crippen molar-refractivity contribution in [3.63, 3.8) is 0 Å². The summed E-state index contributed by atoms with van der Waals surface area (Å²) in [5.41, 5.74) is 0. The Morgan fingerprint density at radius 3 is 1.93 bits per heavy atom. The van der Waals surface area contributed by atoms with Gasteiger partial charge in [-0.25, -0.2) is 0 Å². The molecule has 0 N–H and O–H groups in total. The Hall–Kier alpha value is -0.675. The van der Waals surface area contributed by atoms with Crippen molar-refractivity contribution >= 4 is 18.7 Å². The molecule has 15 heavy (non-hydrogen) atoms. The second-order valence-corrected chi connectivity index (χ2v) is 3.91. The zero-order chi connectivity index (χ0) is 11.4. The highest BCUT2D eigenvalue weighted by molar-refractivity contribution is 6.46. The van der Waals surface area contributed by atoms with E-state index in [1.165, 1.54) is 13.8 Å². The number of Topliss-reactive ketones (excluding diaryl/α,β-unsaturated/α-hetero) is 2. The number of carbonyl (C=O) groups is 2. The molecule has 0 aromatic carbocycles. The van der Waals surface area contributed by atoms with Gasteiger partial charge in [0.25, 0.3) is 0 Å². The Labute approximate surface area is 90.5 Å². The van der Waals surface area contributed by atoms with E-state index in [0.717, 1.165) is 19.2 Å². The molecule has 0 bridgehead atoms. The third-order valence-electron chi connectivity index (χ3n) is 2.47. The number of carbonyl (C=O) groups excluding carboxylic acids is 2. The smallest absolute Gasteiger partial charge is 0.398 e. The first-order valence-corrected chi connectivity index (χ1v) is 5.38. The summed E-state index contributed by atoms with van der Waals surface area (Å²) in [6, 6.07) is 0. The summed E-state index contributed by atoms with van der Waals surface area (Å²) in [6.45, 7) is 4.91. The minimum absolute atomic E-state index is 0.144. The van der Waals surface area contributed by atoms with E-state index in [1.807, 2.05) is 0 Å². The summed E-state index contributed by atoms with van der Waals surface area (Å²) >= 11 is 0. The molecule has 0 radical (unpaired) electrons. The Morgan fingerprint density at radius 1 is 1.13 bits per heavy atom. The molecule has 2 atom stereocenters. The largest absolute Gasteiger partial charge is 0.458 e. The van der Waals surface area contributed by atoms with Gasteiger partial charge in [0.1, 0.15) is 12.2 Å². The van der Waals surface area contributed by atoms with E-state index >= 15 is 0 Å². The van der Waals surface area contributed by atoms with Gasteiger partial charge in [-0.05, 0) is 20.2 Å². The topological polar surface area (TPSA) is 52.6 Å². The first-order valence-electron chi connectivity index (χ1n) is 5.38. The molecule has 1 saturated heterocycles. The molecule has 0 aromatic rings. The lowest BCUT2D eigenvalue weighted by Gasteiger charge is -2.11. The summed E-state index contributed by atoms with van der Waals surface area (Å²) in [5.74, 6) is -0.289. The van der Waals surface area contributed by atoms with Gasteiger partial charge < -0.3 is 9.31 Å². The molecule has 0 saturated carbocycles. The maximum atomic E-state index is 11.2. The van der Waals surface area contributed by atoms with Crippen LogP contribution in [0.5, 0.6) is 0 Å². The lowest BCUT2D eigenvalue weighted by atomic mass is 9.83. The van der Waals surface area contributed by atoms with Gasteiger partial charge in [0, 0.05) is 0 Å². The molecule has 1 fully saturated rings. The Morgan fingerprint density at radius 2 is 1.60 bits per heavy atom. The van der Waals surface area contributed by atoms with Crippen molar-refractivity contribution in [3.8, 4) is 0 Å². The van der Waals surface area contributed by atoms with Gasteiger partial charge >= 0.3 is 7.12 Å². The van der Waals surface area contributed by atoms with E-state index in [4.69, 9.17) is 9.31 Å². The van der Waals surface area contributed by atoms with Crippen LogP contribution in [-0.4, -0.2) is 30.9 Å². The molecular formula is C10H17BO4. The van der Waals surface area contributed by atoms with Crippen LogP contribution in [0.15, 0.2) is 0 Å². The molecule has 0 amide bonds. The monoisotopic (exact) mass is 212 g/mol. The second-order valence-electron chi connectivity index (χ2n) is 3.91. The van der Waals surface area contributed by atoms with Gasteiger partial charge in [-0.3, -0.25) is 9.59 Å². The molecule has 84 valence electrons. The summed E-state index contributed by atoms with van der Waals surface area (Å²) in [7, 11) is -0.396. The first kappa shape index (κ1) is 12.4. The van der Waals surface area contributed by atoms with Crippen LogP contribution in [0.2, 0.25) is 6.32 Å². The van der Waals surface area contributed by atoms with Gasteiger partial charge in [0.15, 0.2) is 11.6 Å². The van der Waals surface area contributed by atoms with E-state index in [-0.39, 0.29) is 11.6 Å². The van der Waals surface area contributed by atoms with Gasteiger partial charge in [0.05, 0.1) is 0 Å². The van der Waals surface area contributed by atoms with Crippen LogP contribution in [0.4, 0.5) is 0 Å². The highest BCUT2D eigenvalue weighted by Gasteiger charge is 2.43. The van der Waals surface area contributed by atoms with Gasteiger partial charge in [-0.15, -0.1) is 0 Å². The molecule has 0 spiro atoms. The zero-order valence-electron chi connectivity index (χ0n) is 9.49. The SMILES string of the molecule is CCCCB1O[C@@H](C(C)=O)[C@H](C(C)=O)O1. The van der Waals surface area contributed by atoms with Crippen LogP contribution in [0.25, 0.3) is 0 Å². The standard InChI is InChI=1S/C10H17BO4/c1-4-5-6-11-14-9(7(2)12)10(15-11)8(3)13/h9-10H,4-6H2,1-3H3/t9-,10-/m0/s1. The van der Waals surface area contributed by atoms with Crippen molar-refractivity contribution < 1.29 is 18.9 Å². The highest BCUT2D eigenvalue weighted by atomic mass is 16.7. The van der Waals surface area contributed by atoms with E-state index in [0.29, 0.717) is 0 Å². The van der Waals surface area contributed by atoms with Crippen LogP contribution in [0.3, 0.4) is 0 Å². The molecule has 0 unspecified atom stereocenters. The fourth-order valence-corrected chi connectivity index (χ4v) is 1.63. The lowest BCUT2D eigenvalue weighted by Crippen LogP contribution is -2.34. The van der Waals surface area contributed by atoms with E-state index in [1.54, 1.807) is 0 Å². The molecule has 1 aliphatic heterocycles. The van der Waals surface area contributed by atoms with Crippen molar-refractivity contribution in [1.82, 2.24) is 0 Å². The number of rotatable bonds is 5. The zero-order valence-corrected chi connectivity index (χ0v) is 9.49. The van der Waals surface area contributed by atoms with Crippen LogP contribution >= 0.6 is 0 Å². The minimum Gasteiger partial charge on any atom is -0.398 e. The average Bonchev–Trinajstić information content (AvgIpc) is 2.58. The predicted octanol–water partition coefficient (Wildman–Crippen LogP) is 1.24. The third-order valence-corrected chi connectivity index (χ3v) is 2.47. The molecule has 4 nitrogen and oxygen atoms in total. The Balaban J connectivity index is 2.57. The summed E-state index contributed by atoms with van der Waals surface area (Å²) < 4.78 is 10.8. The van der Waals surface area contributed by atoms with E-state index in [2.05, 4.69) is 6.92 Å². The molecule has 1 heterocycles. The maximum absolute atomic E-state index is 11.2. The van der Waals surface area contributed by atoms with Crippen molar-refractivity contribution in [2.45, 2.75) is 52.1 Å². The van der Waals surface area contributed by atoms with Gasteiger partial charge in [0.2, 0.25) is 0 Å². The Bertz CT molecular complexity index is 232. The van der Waals surface area contributed by atoms with Crippen LogP contribution < -0.4 is 0 Å². The number of hydrogen-bond donors (Lipinski definition) is 0. The summed E-state index contributed by atoms with van der Waals surface area (Å²) in [5, 5.41) is 0. The molecular weight excluding hydrogens is 195 g/mol. The Kier molecular flexibility index (Phi) is 4.48. The summed E-state index contributed by atoms with van der Waals surface area (Å²) in [6.07, 6.45) is 1.34. The molecule has 0 aliphatic carbocycles. The van der Waals surface area contributed by atoms with Crippen molar-refractivity contribution in [2.24, 2.45) is 0 Å². The minimum atomic E-state index is -0.704. The van der Waals surface area contributed by atoms with Crippen molar-refractivity contribution in [3.05, 3.63) is 0 Å². The normalized spacial score (nSPS) is 25.7. The summed E-state index contributed by atoms with van der Waals surface area (Å²) in [4.78, 5) is 22.4. The molecule has 1 rings (SSSR count). The van der Waals surface area contributed by atoms with Crippen LogP contribution in [-0.2, 0) is 18.9 Å². The number of ketones is 2. The molecule has 1 aliphatic rings. The van der Waals surface area contributed by atoms with Crippen LogP contribution in [0.1, 0.15) is 33.6 Å². The average molecular weight is 212 g/mol. The number of hydrogen-bond acceptors (Lipinski definition) is 4. The quantitative estimate of drug-likeness (QED) is 0.643. The fraction of sp³-hybridized carbons (Fsp3) is 0.800. The van der Waals surface area contributed by atoms with Crippen molar-refractivity contribution in [1.29, 1.82) is 0 Å². The number of unbranched alkanes of at least 4 members (excludes halogenated alkanes) is 1. The second kappa shape index (κ2) is 5.42. The first-order chi connectivity index (χ1) is 7.06. The van der Waals surface area contributed by atoms with E-state index in [9.17, 15) is 9.59 Å². The van der Waals surface area contributed by atoms with E-state index < -0.39 is 19.3 Å². The fourth-order valence-electron chi connectivity index (χ4n) is 1.63. The van der Waals surface area contributed by atoms with Gasteiger partial charge in [-0.2, -0.15) is 0 Å².